The molecule has 0 bridgehead atoms. The molecule has 0 aliphatic rings. The van der Waals surface area contributed by atoms with Gasteiger partial charge in [-0.05, 0) is 42.8 Å². The van der Waals surface area contributed by atoms with Crippen LogP contribution in [0.15, 0.2) is 57.7 Å². The molecular formula is C18H16FNO2. The Kier molecular flexibility index (Phi) is 4.02. The number of rotatable bonds is 4. The number of benzene rings is 2. The van der Waals surface area contributed by atoms with Crippen LogP contribution in [0.25, 0.3) is 22.1 Å². The summed E-state index contributed by atoms with van der Waals surface area (Å²) in [5.41, 5.74) is 6.92. The lowest BCUT2D eigenvalue weighted by atomic mass is 10.00. The second kappa shape index (κ2) is 6.12. The normalized spacial score (nSPS) is 11.0. The number of para-hydroxylation sites is 1. The Bertz CT molecular complexity index is 870. The minimum absolute atomic E-state index is 0.139. The highest BCUT2D eigenvalue weighted by Gasteiger charge is 2.16. The van der Waals surface area contributed by atoms with Crippen molar-refractivity contribution in [2.75, 3.05) is 6.54 Å². The molecule has 1 heterocycles. The molecule has 0 saturated carbocycles. The molecule has 2 aromatic carbocycles. The van der Waals surface area contributed by atoms with E-state index in [0.29, 0.717) is 47.2 Å². The summed E-state index contributed by atoms with van der Waals surface area (Å²) in [7, 11) is 0. The standard InChI is InChI=1S/C18H16FNO2/c19-13-6-3-5-12(11-13)17-16(9-4-10-20)22-15-8-2-1-7-14(15)18(17)21/h1-3,5-8,11H,4,9-10,20H2. The topological polar surface area (TPSA) is 56.2 Å². The van der Waals surface area contributed by atoms with Gasteiger partial charge >= 0.3 is 0 Å². The molecule has 1 aromatic heterocycles. The van der Waals surface area contributed by atoms with Gasteiger partial charge in [0, 0.05) is 6.42 Å². The Morgan fingerprint density at radius 2 is 1.91 bits per heavy atom. The van der Waals surface area contributed by atoms with Gasteiger partial charge in [0.25, 0.3) is 0 Å². The largest absolute Gasteiger partial charge is 0.460 e. The minimum Gasteiger partial charge on any atom is -0.460 e. The van der Waals surface area contributed by atoms with E-state index in [-0.39, 0.29) is 11.2 Å². The van der Waals surface area contributed by atoms with Crippen molar-refractivity contribution in [2.24, 2.45) is 5.73 Å². The molecule has 0 radical (unpaired) electrons. The van der Waals surface area contributed by atoms with Gasteiger partial charge in [0.05, 0.1) is 10.9 Å². The van der Waals surface area contributed by atoms with Crippen LogP contribution in [0.1, 0.15) is 12.2 Å². The zero-order valence-corrected chi connectivity index (χ0v) is 12.0. The van der Waals surface area contributed by atoms with Gasteiger partial charge in [0.15, 0.2) is 0 Å². The van der Waals surface area contributed by atoms with E-state index < -0.39 is 0 Å². The van der Waals surface area contributed by atoms with Crippen LogP contribution in [0.4, 0.5) is 4.39 Å². The zero-order valence-electron chi connectivity index (χ0n) is 12.0. The average molecular weight is 297 g/mol. The highest BCUT2D eigenvalue weighted by atomic mass is 19.1. The van der Waals surface area contributed by atoms with Crippen LogP contribution in [-0.4, -0.2) is 6.54 Å². The molecule has 0 aliphatic carbocycles. The van der Waals surface area contributed by atoms with Crippen LogP contribution >= 0.6 is 0 Å². The van der Waals surface area contributed by atoms with Crippen molar-refractivity contribution < 1.29 is 8.81 Å². The quantitative estimate of drug-likeness (QED) is 0.802. The monoisotopic (exact) mass is 297 g/mol. The Labute approximate surface area is 127 Å². The summed E-state index contributed by atoms with van der Waals surface area (Å²) in [6, 6.07) is 13.1. The molecule has 0 spiro atoms. The predicted molar refractivity (Wildman–Crippen MR) is 85.3 cm³/mol. The molecule has 0 fully saturated rings. The minimum atomic E-state index is -0.380. The lowest BCUT2D eigenvalue weighted by molar-refractivity contribution is 0.530. The molecule has 0 atom stereocenters. The van der Waals surface area contributed by atoms with Crippen LogP contribution in [-0.2, 0) is 6.42 Å². The Morgan fingerprint density at radius 3 is 2.68 bits per heavy atom. The van der Waals surface area contributed by atoms with E-state index >= 15 is 0 Å². The van der Waals surface area contributed by atoms with Gasteiger partial charge in [-0.3, -0.25) is 4.79 Å². The molecule has 3 nitrogen and oxygen atoms in total. The van der Waals surface area contributed by atoms with E-state index in [1.165, 1.54) is 12.1 Å². The van der Waals surface area contributed by atoms with E-state index in [1.54, 1.807) is 30.3 Å². The van der Waals surface area contributed by atoms with Crippen molar-refractivity contribution in [2.45, 2.75) is 12.8 Å². The van der Waals surface area contributed by atoms with Gasteiger partial charge in [-0.25, -0.2) is 4.39 Å². The van der Waals surface area contributed by atoms with Crippen molar-refractivity contribution in [3.8, 4) is 11.1 Å². The van der Waals surface area contributed by atoms with Crippen LogP contribution in [0.5, 0.6) is 0 Å². The van der Waals surface area contributed by atoms with E-state index in [2.05, 4.69) is 0 Å². The molecule has 0 saturated heterocycles. The summed E-state index contributed by atoms with van der Waals surface area (Å²) < 4.78 is 19.4. The van der Waals surface area contributed by atoms with Crippen LogP contribution < -0.4 is 11.2 Å². The summed E-state index contributed by atoms with van der Waals surface area (Å²) in [5.74, 6) is 0.176. The predicted octanol–water partition coefficient (Wildman–Crippen LogP) is 3.49. The lowest BCUT2D eigenvalue weighted by Gasteiger charge is -2.10. The van der Waals surface area contributed by atoms with Gasteiger partial charge < -0.3 is 10.2 Å². The first-order valence-electron chi connectivity index (χ1n) is 7.21. The number of nitrogens with two attached hydrogens (primary N) is 1. The van der Waals surface area contributed by atoms with Crippen LogP contribution in [0, 0.1) is 5.82 Å². The summed E-state index contributed by atoms with van der Waals surface area (Å²) >= 11 is 0. The number of aryl methyl sites for hydroxylation is 1. The SMILES string of the molecule is NCCCc1oc2ccccc2c(=O)c1-c1cccc(F)c1. The van der Waals surface area contributed by atoms with E-state index in [0.717, 1.165) is 0 Å². The third-order valence-corrected chi connectivity index (χ3v) is 3.59. The molecule has 0 amide bonds. The maximum atomic E-state index is 13.5. The van der Waals surface area contributed by atoms with Crippen molar-refractivity contribution in [1.82, 2.24) is 0 Å². The first kappa shape index (κ1) is 14.5. The summed E-state index contributed by atoms with van der Waals surface area (Å²) in [6.45, 7) is 0.499. The molecule has 2 N–H and O–H groups in total. The van der Waals surface area contributed by atoms with Crippen LogP contribution in [0.2, 0.25) is 0 Å². The first-order chi connectivity index (χ1) is 10.7. The van der Waals surface area contributed by atoms with Crippen molar-refractivity contribution >= 4 is 11.0 Å². The second-order valence-corrected chi connectivity index (χ2v) is 5.13. The highest BCUT2D eigenvalue weighted by Crippen LogP contribution is 2.26. The Hall–Kier alpha value is -2.46. The average Bonchev–Trinajstić information content (AvgIpc) is 2.53. The second-order valence-electron chi connectivity index (χ2n) is 5.13. The van der Waals surface area contributed by atoms with Crippen LogP contribution in [0.3, 0.4) is 0 Å². The third-order valence-electron chi connectivity index (χ3n) is 3.59. The lowest BCUT2D eigenvalue weighted by Crippen LogP contribution is -2.10. The fraction of sp³-hybridized carbons (Fsp3) is 0.167. The molecule has 3 rings (SSSR count). The van der Waals surface area contributed by atoms with Gasteiger partial charge in [-0.15, -0.1) is 0 Å². The highest BCUT2D eigenvalue weighted by molar-refractivity contribution is 5.82. The van der Waals surface area contributed by atoms with Crippen molar-refractivity contribution in [3.63, 3.8) is 0 Å². The van der Waals surface area contributed by atoms with Gasteiger partial charge in [-0.2, -0.15) is 0 Å². The molecule has 4 heteroatoms. The van der Waals surface area contributed by atoms with Gasteiger partial charge in [-0.1, -0.05) is 24.3 Å². The summed E-state index contributed by atoms with van der Waals surface area (Å²) in [4.78, 5) is 12.8. The molecule has 3 aromatic rings. The maximum absolute atomic E-state index is 13.5. The Balaban J connectivity index is 2.29. The Morgan fingerprint density at radius 1 is 1.09 bits per heavy atom. The third kappa shape index (κ3) is 2.65. The smallest absolute Gasteiger partial charge is 0.200 e. The van der Waals surface area contributed by atoms with E-state index in [4.69, 9.17) is 10.2 Å². The van der Waals surface area contributed by atoms with E-state index in [1.807, 2.05) is 6.07 Å². The first-order valence-corrected chi connectivity index (χ1v) is 7.21. The molecular weight excluding hydrogens is 281 g/mol. The number of fused-ring (bicyclic) bond motifs is 1. The maximum Gasteiger partial charge on any atom is 0.200 e. The van der Waals surface area contributed by atoms with Crippen molar-refractivity contribution in [3.05, 3.63) is 70.3 Å². The molecule has 112 valence electrons. The zero-order chi connectivity index (χ0) is 15.5. The fourth-order valence-electron chi connectivity index (χ4n) is 2.56. The summed E-state index contributed by atoms with van der Waals surface area (Å²) in [6.07, 6.45) is 1.24. The number of hydrogen-bond acceptors (Lipinski definition) is 3. The number of hydrogen-bond donors (Lipinski definition) is 1. The fourth-order valence-corrected chi connectivity index (χ4v) is 2.56. The molecule has 22 heavy (non-hydrogen) atoms. The number of halogens is 1. The van der Waals surface area contributed by atoms with Gasteiger partial charge in [0.2, 0.25) is 5.43 Å². The van der Waals surface area contributed by atoms with Gasteiger partial charge in [0.1, 0.15) is 17.2 Å². The molecule has 0 aliphatic heterocycles. The van der Waals surface area contributed by atoms with Crippen molar-refractivity contribution in [1.29, 1.82) is 0 Å². The van der Waals surface area contributed by atoms with E-state index in [9.17, 15) is 9.18 Å². The summed E-state index contributed by atoms with van der Waals surface area (Å²) in [5, 5.41) is 0.498. The molecule has 0 unspecified atom stereocenters.